The van der Waals surface area contributed by atoms with E-state index < -0.39 is 23.9 Å². The van der Waals surface area contributed by atoms with E-state index in [1.54, 1.807) is 0 Å². The van der Waals surface area contributed by atoms with Crippen LogP contribution in [0.2, 0.25) is 0 Å². The van der Waals surface area contributed by atoms with Crippen molar-refractivity contribution in [2.45, 2.75) is 31.8 Å². The SMILES string of the molecule is O=C(O)CCC(NC(=O)CCn1c2ccccc2c2nc3ccccc3nc21)C(=O)O. The van der Waals surface area contributed by atoms with Gasteiger partial charge in [0, 0.05) is 24.8 Å². The number of aromatic nitrogens is 3. The van der Waals surface area contributed by atoms with E-state index in [0.717, 1.165) is 27.5 Å². The van der Waals surface area contributed by atoms with Crippen LogP contribution >= 0.6 is 0 Å². The van der Waals surface area contributed by atoms with Crippen molar-refractivity contribution in [1.82, 2.24) is 19.9 Å². The molecule has 3 N–H and O–H groups in total. The molecule has 4 rings (SSSR count). The number of benzene rings is 2. The van der Waals surface area contributed by atoms with E-state index in [1.807, 2.05) is 53.1 Å². The number of carbonyl (C=O) groups is 3. The number of amides is 1. The average molecular weight is 420 g/mol. The number of rotatable bonds is 8. The van der Waals surface area contributed by atoms with Gasteiger partial charge < -0.3 is 20.1 Å². The van der Waals surface area contributed by atoms with Gasteiger partial charge in [0.25, 0.3) is 0 Å². The Morgan fingerprint density at radius 3 is 2.32 bits per heavy atom. The van der Waals surface area contributed by atoms with Gasteiger partial charge in [-0.25, -0.2) is 14.8 Å². The lowest BCUT2D eigenvalue weighted by Crippen LogP contribution is -2.41. The molecule has 0 aliphatic rings. The Balaban J connectivity index is 1.61. The van der Waals surface area contributed by atoms with Gasteiger partial charge in [-0.15, -0.1) is 0 Å². The molecule has 0 aliphatic carbocycles. The molecule has 2 aromatic heterocycles. The van der Waals surface area contributed by atoms with E-state index in [0.29, 0.717) is 5.65 Å². The predicted molar refractivity (Wildman–Crippen MR) is 114 cm³/mol. The summed E-state index contributed by atoms with van der Waals surface area (Å²) in [4.78, 5) is 43.9. The van der Waals surface area contributed by atoms with Gasteiger partial charge in [0.2, 0.25) is 5.91 Å². The van der Waals surface area contributed by atoms with Crippen LogP contribution in [-0.2, 0) is 20.9 Å². The van der Waals surface area contributed by atoms with Crippen molar-refractivity contribution >= 4 is 50.9 Å². The molecule has 1 atom stereocenters. The van der Waals surface area contributed by atoms with Crippen molar-refractivity contribution in [2.24, 2.45) is 0 Å². The number of aliphatic carboxylic acids is 2. The highest BCUT2D eigenvalue weighted by Gasteiger charge is 2.21. The molecule has 2 aromatic carbocycles. The minimum absolute atomic E-state index is 0.0130. The number of nitrogens with zero attached hydrogens (tertiary/aromatic N) is 3. The van der Waals surface area contributed by atoms with Gasteiger partial charge in [-0.3, -0.25) is 9.59 Å². The fourth-order valence-corrected chi connectivity index (χ4v) is 3.61. The number of carbonyl (C=O) groups excluding carboxylic acids is 1. The molecule has 0 fully saturated rings. The Labute approximate surface area is 176 Å². The quantitative estimate of drug-likeness (QED) is 0.399. The number of fused-ring (bicyclic) bond motifs is 4. The van der Waals surface area contributed by atoms with Crippen molar-refractivity contribution in [3.05, 3.63) is 48.5 Å². The fraction of sp³-hybridized carbons (Fsp3) is 0.227. The number of hydrogen-bond donors (Lipinski definition) is 3. The molecule has 9 heteroatoms. The van der Waals surface area contributed by atoms with Crippen LogP contribution in [0.1, 0.15) is 19.3 Å². The first-order chi connectivity index (χ1) is 14.9. The molecular weight excluding hydrogens is 400 g/mol. The fourth-order valence-electron chi connectivity index (χ4n) is 3.61. The molecule has 0 saturated carbocycles. The third kappa shape index (κ3) is 4.16. The molecule has 0 saturated heterocycles. The van der Waals surface area contributed by atoms with Crippen LogP contribution in [0.25, 0.3) is 33.1 Å². The molecule has 1 unspecified atom stereocenters. The van der Waals surface area contributed by atoms with Gasteiger partial charge >= 0.3 is 11.9 Å². The summed E-state index contributed by atoms with van der Waals surface area (Å²) in [5.41, 5.74) is 3.77. The molecule has 0 radical (unpaired) electrons. The van der Waals surface area contributed by atoms with E-state index in [2.05, 4.69) is 5.32 Å². The van der Waals surface area contributed by atoms with Crippen molar-refractivity contribution in [3.63, 3.8) is 0 Å². The van der Waals surface area contributed by atoms with Gasteiger partial charge in [0.1, 0.15) is 11.6 Å². The van der Waals surface area contributed by atoms with Crippen LogP contribution < -0.4 is 5.32 Å². The predicted octanol–water partition coefficient (Wildman–Crippen LogP) is 2.56. The first-order valence-corrected chi connectivity index (χ1v) is 9.81. The standard InChI is InChI=1S/C22H20N4O5/c27-18(23-16(22(30)31)9-10-19(28)29)11-12-26-17-8-4-1-5-13(17)20-21(26)25-15-7-3-2-6-14(15)24-20/h1-8,16H,9-12H2,(H,23,27)(H,28,29)(H,30,31). The van der Waals surface area contributed by atoms with Crippen LogP contribution in [0.15, 0.2) is 48.5 Å². The summed E-state index contributed by atoms with van der Waals surface area (Å²) in [5.74, 6) is -2.85. The highest BCUT2D eigenvalue weighted by Crippen LogP contribution is 2.28. The normalized spacial score (nSPS) is 12.3. The zero-order chi connectivity index (χ0) is 22.0. The van der Waals surface area contributed by atoms with Gasteiger partial charge in [-0.05, 0) is 24.6 Å². The highest BCUT2D eigenvalue weighted by atomic mass is 16.4. The zero-order valence-electron chi connectivity index (χ0n) is 16.5. The van der Waals surface area contributed by atoms with E-state index in [-0.39, 0.29) is 25.8 Å². The van der Waals surface area contributed by atoms with Gasteiger partial charge in [-0.2, -0.15) is 0 Å². The monoisotopic (exact) mass is 420 g/mol. The summed E-state index contributed by atoms with van der Waals surface area (Å²) < 4.78 is 1.90. The van der Waals surface area contributed by atoms with Crippen LogP contribution in [0.4, 0.5) is 0 Å². The number of para-hydroxylation sites is 3. The Morgan fingerprint density at radius 2 is 1.61 bits per heavy atom. The molecular formula is C22H20N4O5. The second kappa shape index (κ2) is 8.39. The third-order valence-corrected chi connectivity index (χ3v) is 5.10. The van der Waals surface area contributed by atoms with Gasteiger partial charge in [-0.1, -0.05) is 30.3 Å². The summed E-state index contributed by atoms with van der Waals surface area (Å²) >= 11 is 0. The molecule has 0 spiro atoms. The Bertz CT molecular complexity index is 1310. The van der Waals surface area contributed by atoms with Crippen LogP contribution in [-0.4, -0.2) is 48.6 Å². The average Bonchev–Trinajstić information content (AvgIpc) is 3.06. The van der Waals surface area contributed by atoms with E-state index in [9.17, 15) is 19.5 Å². The second-order valence-corrected chi connectivity index (χ2v) is 7.19. The lowest BCUT2D eigenvalue weighted by atomic mass is 10.1. The van der Waals surface area contributed by atoms with Crippen molar-refractivity contribution < 1.29 is 24.6 Å². The smallest absolute Gasteiger partial charge is 0.326 e. The number of hydrogen-bond acceptors (Lipinski definition) is 5. The Morgan fingerprint density at radius 1 is 0.935 bits per heavy atom. The lowest BCUT2D eigenvalue weighted by molar-refractivity contribution is -0.143. The summed E-state index contributed by atoms with van der Waals surface area (Å²) in [7, 11) is 0. The first kappa shape index (κ1) is 20.3. The number of carboxylic acid groups (broad SMARTS) is 2. The molecule has 2 heterocycles. The minimum Gasteiger partial charge on any atom is -0.481 e. The number of nitrogens with one attached hydrogen (secondary N) is 1. The first-order valence-electron chi connectivity index (χ1n) is 9.81. The molecule has 0 bridgehead atoms. The Hall–Kier alpha value is -4.01. The molecule has 4 aromatic rings. The number of carboxylic acids is 2. The largest absolute Gasteiger partial charge is 0.481 e. The van der Waals surface area contributed by atoms with Crippen LogP contribution in [0.3, 0.4) is 0 Å². The maximum atomic E-state index is 12.4. The van der Waals surface area contributed by atoms with Crippen molar-refractivity contribution in [1.29, 1.82) is 0 Å². The highest BCUT2D eigenvalue weighted by molar-refractivity contribution is 6.06. The number of aryl methyl sites for hydroxylation is 1. The molecule has 1 amide bonds. The zero-order valence-corrected chi connectivity index (χ0v) is 16.5. The third-order valence-electron chi connectivity index (χ3n) is 5.10. The summed E-state index contributed by atoms with van der Waals surface area (Å²) in [6, 6.07) is 14.0. The van der Waals surface area contributed by atoms with Gasteiger partial charge in [0.15, 0.2) is 5.65 Å². The maximum absolute atomic E-state index is 12.4. The minimum atomic E-state index is -1.26. The van der Waals surface area contributed by atoms with Gasteiger partial charge in [0.05, 0.1) is 16.6 Å². The molecule has 158 valence electrons. The van der Waals surface area contributed by atoms with Crippen molar-refractivity contribution in [3.8, 4) is 0 Å². The molecule has 9 nitrogen and oxygen atoms in total. The topological polar surface area (TPSA) is 134 Å². The van der Waals surface area contributed by atoms with E-state index >= 15 is 0 Å². The lowest BCUT2D eigenvalue weighted by Gasteiger charge is -2.14. The summed E-state index contributed by atoms with van der Waals surface area (Å²) in [6.45, 7) is 0.272. The maximum Gasteiger partial charge on any atom is 0.326 e. The van der Waals surface area contributed by atoms with Crippen LogP contribution in [0.5, 0.6) is 0 Å². The van der Waals surface area contributed by atoms with E-state index in [4.69, 9.17) is 15.1 Å². The second-order valence-electron chi connectivity index (χ2n) is 7.19. The van der Waals surface area contributed by atoms with Crippen molar-refractivity contribution in [2.75, 3.05) is 0 Å². The van der Waals surface area contributed by atoms with E-state index in [1.165, 1.54) is 0 Å². The Kier molecular flexibility index (Phi) is 5.48. The molecule has 0 aliphatic heterocycles. The summed E-state index contributed by atoms with van der Waals surface area (Å²) in [6.07, 6.45) is -0.505. The molecule has 31 heavy (non-hydrogen) atoms. The summed E-state index contributed by atoms with van der Waals surface area (Å²) in [5, 5.41) is 21.3. The van der Waals surface area contributed by atoms with Crippen LogP contribution in [0, 0.1) is 0 Å².